The first-order valence-corrected chi connectivity index (χ1v) is 5.92. The lowest BCUT2D eigenvalue weighted by Gasteiger charge is -2.36. The molecule has 1 saturated heterocycles. The second-order valence-electron chi connectivity index (χ2n) is 4.16. The molecule has 3 N–H and O–H groups in total. The number of nitrogens with two attached hydrogens (primary N) is 1. The summed E-state index contributed by atoms with van der Waals surface area (Å²) in [7, 11) is 0. The van der Waals surface area contributed by atoms with Gasteiger partial charge in [0, 0.05) is 26.1 Å². The topological polar surface area (TPSA) is 64.4 Å². The van der Waals surface area contributed by atoms with Crippen molar-refractivity contribution in [2.75, 3.05) is 18.5 Å². The normalized spacial score (nSPS) is 18.6. The maximum atomic E-state index is 11.7. The van der Waals surface area contributed by atoms with Crippen LogP contribution in [0, 0.1) is 0 Å². The van der Waals surface area contributed by atoms with E-state index in [2.05, 4.69) is 5.32 Å². The maximum absolute atomic E-state index is 11.7. The summed E-state index contributed by atoms with van der Waals surface area (Å²) >= 11 is 6.06. The van der Waals surface area contributed by atoms with E-state index in [4.69, 9.17) is 22.1 Å². The Balaban J connectivity index is 2.24. The van der Waals surface area contributed by atoms with Crippen molar-refractivity contribution in [3.63, 3.8) is 0 Å². The molecule has 1 aliphatic heterocycles. The Morgan fingerprint density at radius 1 is 1.35 bits per heavy atom. The molecule has 1 amide bonds. The van der Waals surface area contributed by atoms with Crippen molar-refractivity contribution in [3.05, 3.63) is 29.3 Å². The number of hydrogen-bond donors (Lipinski definition) is 2. The molecule has 0 aromatic heterocycles. The van der Waals surface area contributed by atoms with Crippen molar-refractivity contribution >= 4 is 23.2 Å². The van der Waals surface area contributed by atoms with Crippen LogP contribution in [0.3, 0.4) is 0 Å². The first-order chi connectivity index (χ1) is 8.14. The van der Waals surface area contributed by atoms with E-state index >= 15 is 0 Å². The van der Waals surface area contributed by atoms with Gasteiger partial charge in [-0.25, -0.2) is 0 Å². The Labute approximate surface area is 105 Å². The molecule has 0 aliphatic carbocycles. The molecule has 0 saturated carbocycles. The van der Waals surface area contributed by atoms with Gasteiger partial charge in [0.2, 0.25) is 5.91 Å². The summed E-state index contributed by atoms with van der Waals surface area (Å²) in [6.07, 6.45) is 1.13. The van der Waals surface area contributed by atoms with Crippen LogP contribution >= 0.6 is 11.6 Å². The van der Waals surface area contributed by atoms with Crippen molar-refractivity contribution in [2.45, 2.75) is 18.4 Å². The molecule has 17 heavy (non-hydrogen) atoms. The van der Waals surface area contributed by atoms with Gasteiger partial charge in [0.25, 0.3) is 0 Å². The highest BCUT2D eigenvalue weighted by Crippen LogP contribution is 2.29. The van der Waals surface area contributed by atoms with Gasteiger partial charge in [-0.1, -0.05) is 23.7 Å². The van der Waals surface area contributed by atoms with Crippen LogP contribution in [0.15, 0.2) is 24.3 Å². The van der Waals surface area contributed by atoms with Crippen LogP contribution in [-0.4, -0.2) is 24.7 Å². The van der Waals surface area contributed by atoms with Crippen LogP contribution in [-0.2, 0) is 9.53 Å². The molecular formula is C12H15ClN2O2. The molecule has 0 atom stereocenters. The standard InChI is InChI=1S/C12H15ClN2O2/c13-9-3-1-2-4-10(9)15-12(11(14)16)5-7-17-8-6-12/h1-4,15H,5-8H2,(H2,14,16). The van der Waals surface area contributed by atoms with Gasteiger partial charge in [0.1, 0.15) is 5.54 Å². The molecule has 1 aromatic rings. The van der Waals surface area contributed by atoms with Gasteiger partial charge in [-0.05, 0) is 12.1 Å². The molecule has 0 radical (unpaired) electrons. The summed E-state index contributed by atoms with van der Waals surface area (Å²) < 4.78 is 5.26. The van der Waals surface area contributed by atoms with E-state index in [9.17, 15) is 4.79 Å². The summed E-state index contributed by atoms with van der Waals surface area (Å²) in [4.78, 5) is 11.7. The van der Waals surface area contributed by atoms with Gasteiger partial charge in [0.15, 0.2) is 0 Å². The number of ether oxygens (including phenoxy) is 1. The SMILES string of the molecule is NC(=O)C1(Nc2ccccc2Cl)CCOCC1. The lowest BCUT2D eigenvalue weighted by molar-refractivity contribution is -0.125. The fourth-order valence-electron chi connectivity index (χ4n) is 1.97. The third-order valence-electron chi connectivity index (χ3n) is 3.07. The van der Waals surface area contributed by atoms with Gasteiger partial charge in [-0.15, -0.1) is 0 Å². The monoisotopic (exact) mass is 254 g/mol. The summed E-state index contributed by atoms with van der Waals surface area (Å²) in [6.45, 7) is 1.06. The van der Waals surface area contributed by atoms with Gasteiger partial charge in [-0.3, -0.25) is 4.79 Å². The van der Waals surface area contributed by atoms with Crippen molar-refractivity contribution < 1.29 is 9.53 Å². The van der Waals surface area contributed by atoms with Gasteiger partial charge in [-0.2, -0.15) is 0 Å². The van der Waals surface area contributed by atoms with E-state index in [1.165, 1.54) is 0 Å². The number of rotatable bonds is 3. The Morgan fingerprint density at radius 3 is 2.59 bits per heavy atom. The van der Waals surface area contributed by atoms with E-state index in [1.54, 1.807) is 6.07 Å². The van der Waals surface area contributed by atoms with Gasteiger partial charge >= 0.3 is 0 Å². The van der Waals surface area contributed by atoms with Crippen LogP contribution < -0.4 is 11.1 Å². The number of hydrogen-bond acceptors (Lipinski definition) is 3. The molecule has 1 fully saturated rings. The zero-order valence-electron chi connectivity index (χ0n) is 9.41. The Hall–Kier alpha value is -1.26. The van der Waals surface area contributed by atoms with Gasteiger partial charge < -0.3 is 15.8 Å². The van der Waals surface area contributed by atoms with Crippen LogP contribution in [0.1, 0.15) is 12.8 Å². The molecule has 0 spiro atoms. The van der Waals surface area contributed by atoms with Crippen molar-refractivity contribution in [3.8, 4) is 0 Å². The molecule has 4 nitrogen and oxygen atoms in total. The third-order valence-corrected chi connectivity index (χ3v) is 3.40. The minimum atomic E-state index is -0.747. The Kier molecular flexibility index (Phi) is 3.54. The van der Waals surface area contributed by atoms with E-state index in [-0.39, 0.29) is 5.91 Å². The number of para-hydroxylation sites is 1. The zero-order valence-corrected chi connectivity index (χ0v) is 10.2. The molecule has 0 unspecified atom stereocenters. The average Bonchev–Trinajstić information content (AvgIpc) is 2.33. The van der Waals surface area contributed by atoms with E-state index in [0.29, 0.717) is 31.1 Å². The fourth-order valence-corrected chi connectivity index (χ4v) is 2.16. The summed E-state index contributed by atoms with van der Waals surface area (Å²) in [5.41, 5.74) is 5.48. The second kappa shape index (κ2) is 4.94. The van der Waals surface area contributed by atoms with Gasteiger partial charge in [0.05, 0.1) is 10.7 Å². The smallest absolute Gasteiger partial charge is 0.243 e. The Morgan fingerprint density at radius 2 is 2.00 bits per heavy atom. The number of amides is 1. The first kappa shape index (κ1) is 12.2. The molecule has 1 aromatic carbocycles. The predicted octanol–water partition coefficient (Wildman–Crippen LogP) is 1.79. The molecule has 2 rings (SSSR count). The summed E-state index contributed by atoms with van der Waals surface area (Å²) in [5.74, 6) is -0.360. The number of halogens is 1. The van der Waals surface area contributed by atoms with Crippen LogP contribution in [0.2, 0.25) is 5.02 Å². The van der Waals surface area contributed by atoms with Crippen LogP contribution in [0.4, 0.5) is 5.69 Å². The third kappa shape index (κ3) is 2.53. The molecule has 1 aliphatic rings. The predicted molar refractivity (Wildman–Crippen MR) is 67.1 cm³/mol. The lowest BCUT2D eigenvalue weighted by atomic mass is 9.89. The minimum absolute atomic E-state index is 0.360. The zero-order chi connectivity index (χ0) is 12.3. The molecule has 5 heteroatoms. The number of benzene rings is 1. The highest BCUT2D eigenvalue weighted by Gasteiger charge is 2.38. The maximum Gasteiger partial charge on any atom is 0.243 e. The number of anilines is 1. The first-order valence-electron chi connectivity index (χ1n) is 5.54. The Bertz CT molecular complexity index is 417. The van der Waals surface area contributed by atoms with Crippen molar-refractivity contribution in [1.29, 1.82) is 0 Å². The number of nitrogens with one attached hydrogen (secondary N) is 1. The van der Waals surface area contributed by atoms with Crippen LogP contribution in [0.5, 0.6) is 0 Å². The molecule has 0 bridgehead atoms. The highest BCUT2D eigenvalue weighted by molar-refractivity contribution is 6.33. The highest BCUT2D eigenvalue weighted by atomic mass is 35.5. The van der Waals surface area contributed by atoms with E-state index in [0.717, 1.165) is 5.69 Å². The number of primary amides is 1. The van der Waals surface area contributed by atoms with Crippen molar-refractivity contribution in [2.24, 2.45) is 5.73 Å². The largest absolute Gasteiger partial charge is 0.381 e. The molecular weight excluding hydrogens is 240 g/mol. The summed E-state index contributed by atoms with van der Waals surface area (Å²) in [5, 5.41) is 3.76. The average molecular weight is 255 g/mol. The number of carbonyl (C=O) groups is 1. The minimum Gasteiger partial charge on any atom is -0.381 e. The quantitative estimate of drug-likeness (QED) is 0.864. The number of carbonyl (C=O) groups excluding carboxylic acids is 1. The van der Waals surface area contributed by atoms with Crippen LogP contribution in [0.25, 0.3) is 0 Å². The van der Waals surface area contributed by atoms with E-state index in [1.807, 2.05) is 18.2 Å². The lowest BCUT2D eigenvalue weighted by Crippen LogP contribution is -2.54. The molecule has 92 valence electrons. The second-order valence-corrected chi connectivity index (χ2v) is 4.57. The van der Waals surface area contributed by atoms with E-state index < -0.39 is 5.54 Å². The molecule has 1 heterocycles. The fraction of sp³-hybridized carbons (Fsp3) is 0.417. The van der Waals surface area contributed by atoms with Crippen molar-refractivity contribution in [1.82, 2.24) is 0 Å². The summed E-state index contributed by atoms with van der Waals surface area (Å²) in [6, 6.07) is 7.32.